The van der Waals surface area contributed by atoms with Gasteiger partial charge >= 0.3 is 0 Å². The average Bonchev–Trinajstić information content (AvgIpc) is 3.02. The van der Waals surface area contributed by atoms with E-state index in [0.717, 1.165) is 19.2 Å². The van der Waals surface area contributed by atoms with Crippen molar-refractivity contribution in [3.8, 4) is 0 Å². The number of aromatic nitrogens is 2. The van der Waals surface area contributed by atoms with Gasteiger partial charge in [-0.3, -0.25) is 0 Å². The molecule has 0 radical (unpaired) electrons. The molecule has 0 amide bonds. The maximum absolute atomic E-state index is 13.2. The molecule has 1 saturated carbocycles. The lowest BCUT2D eigenvalue weighted by atomic mass is 10.2. The van der Waals surface area contributed by atoms with Gasteiger partial charge in [-0.1, -0.05) is 12.8 Å². The summed E-state index contributed by atoms with van der Waals surface area (Å²) in [4.78, 5) is 4.10. The van der Waals surface area contributed by atoms with Crippen molar-refractivity contribution in [2.75, 3.05) is 6.54 Å². The topological polar surface area (TPSA) is 29.9 Å². The summed E-state index contributed by atoms with van der Waals surface area (Å²) in [6.07, 6.45) is 6.72. The van der Waals surface area contributed by atoms with Gasteiger partial charge in [-0.05, 0) is 12.8 Å². The first kappa shape index (κ1) is 12.5. The van der Waals surface area contributed by atoms with Crippen molar-refractivity contribution in [1.82, 2.24) is 14.9 Å². The Morgan fingerprint density at radius 1 is 1.21 bits per heavy atom. The van der Waals surface area contributed by atoms with Crippen LogP contribution in [0.1, 0.15) is 25.7 Å². The van der Waals surface area contributed by atoms with E-state index in [1.807, 2.05) is 4.57 Å². The lowest BCUT2D eigenvalue weighted by Gasteiger charge is -2.12. The van der Waals surface area contributed by atoms with Crippen molar-refractivity contribution in [2.24, 2.45) is 0 Å². The van der Waals surface area contributed by atoms with Crippen LogP contribution < -0.4 is 5.32 Å². The van der Waals surface area contributed by atoms with Crippen molar-refractivity contribution < 1.29 is 8.78 Å². The van der Waals surface area contributed by atoms with Crippen LogP contribution in [0.2, 0.25) is 0 Å². The van der Waals surface area contributed by atoms with E-state index in [2.05, 4.69) is 10.3 Å². The van der Waals surface area contributed by atoms with Crippen molar-refractivity contribution in [2.45, 2.75) is 38.3 Å². The largest absolute Gasteiger partial charge is 0.329 e. The molecule has 1 aromatic heterocycles. The molecule has 0 atom stereocenters. The summed E-state index contributed by atoms with van der Waals surface area (Å²) >= 11 is 0. The van der Waals surface area contributed by atoms with Gasteiger partial charge in [-0.2, -0.15) is 0 Å². The Morgan fingerprint density at radius 3 is 2.74 bits per heavy atom. The Labute approximate surface area is 110 Å². The molecule has 1 aliphatic rings. The van der Waals surface area contributed by atoms with Gasteiger partial charge in [0.2, 0.25) is 0 Å². The molecular weight excluding hydrogens is 248 g/mol. The van der Waals surface area contributed by atoms with Crippen LogP contribution in [0.15, 0.2) is 18.5 Å². The summed E-state index contributed by atoms with van der Waals surface area (Å²) in [5.74, 6) is -1.67. The molecule has 1 heterocycles. The van der Waals surface area contributed by atoms with Crippen molar-refractivity contribution >= 4 is 11.0 Å². The summed E-state index contributed by atoms with van der Waals surface area (Å²) in [5, 5.41) is 3.49. The summed E-state index contributed by atoms with van der Waals surface area (Å²) < 4.78 is 28.2. The van der Waals surface area contributed by atoms with Crippen LogP contribution in [0, 0.1) is 11.6 Å². The molecule has 0 bridgehead atoms. The fourth-order valence-electron chi connectivity index (χ4n) is 2.75. The zero-order valence-electron chi connectivity index (χ0n) is 10.7. The molecule has 1 aliphatic carbocycles. The number of halogens is 2. The number of hydrogen-bond acceptors (Lipinski definition) is 2. The highest BCUT2D eigenvalue weighted by atomic mass is 19.2. The van der Waals surface area contributed by atoms with Crippen LogP contribution in [-0.2, 0) is 6.54 Å². The molecule has 19 heavy (non-hydrogen) atoms. The molecule has 3 rings (SSSR count). The number of benzene rings is 1. The molecular formula is C14H17F2N3. The Bertz CT molecular complexity index is 573. The molecule has 1 aromatic carbocycles. The van der Waals surface area contributed by atoms with Gasteiger partial charge in [-0.25, -0.2) is 13.8 Å². The van der Waals surface area contributed by atoms with Gasteiger partial charge in [0.1, 0.15) is 0 Å². The van der Waals surface area contributed by atoms with Crippen molar-refractivity contribution in [1.29, 1.82) is 0 Å². The van der Waals surface area contributed by atoms with E-state index in [1.165, 1.54) is 31.7 Å². The fraction of sp³-hybridized carbons (Fsp3) is 0.500. The molecule has 0 spiro atoms. The Morgan fingerprint density at radius 2 is 1.95 bits per heavy atom. The Kier molecular flexibility index (Phi) is 3.46. The SMILES string of the molecule is Fc1cc2ncn(CCNC3CCCC3)c2cc1F. The summed E-state index contributed by atoms with van der Waals surface area (Å²) in [6, 6.07) is 2.97. The normalized spacial score (nSPS) is 16.5. The second-order valence-electron chi connectivity index (χ2n) is 5.13. The quantitative estimate of drug-likeness (QED) is 0.921. The molecule has 1 N–H and O–H groups in total. The van der Waals surface area contributed by atoms with Crippen LogP contribution >= 0.6 is 0 Å². The van der Waals surface area contributed by atoms with Crippen LogP contribution in [-0.4, -0.2) is 22.1 Å². The number of nitrogens with one attached hydrogen (secondary N) is 1. The molecule has 3 nitrogen and oxygen atoms in total. The van der Waals surface area contributed by atoms with Crippen LogP contribution in [0.3, 0.4) is 0 Å². The summed E-state index contributed by atoms with van der Waals surface area (Å²) in [6.45, 7) is 1.55. The Hall–Kier alpha value is -1.49. The number of fused-ring (bicyclic) bond motifs is 1. The monoisotopic (exact) mass is 265 g/mol. The second-order valence-corrected chi connectivity index (χ2v) is 5.13. The lowest BCUT2D eigenvalue weighted by Crippen LogP contribution is -2.29. The van der Waals surface area contributed by atoms with Gasteiger partial charge < -0.3 is 9.88 Å². The van der Waals surface area contributed by atoms with E-state index < -0.39 is 11.6 Å². The minimum Gasteiger partial charge on any atom is -0.329 e. The van der Waals surface area contributed by atoms with E-state index >= 15 is 0 Å². The van der Waals surface area contributed by atoms with E-state index in [-0.39, 0.29) is 0 Å². The van der Waals surface area contributed by atoms with Crippen molar-refractivity contribution in [3.05, 3.63) is 30.1 Å². The number of nitrogens with zero attached hydrogens (tertiary/aromatic N) is 2. The van der Waals surface area contributed by atoms with E-state index in [0.29, 0.717) is 17.1 Å². The molecule has 2 aromatic rings. The third-order valence-corrected chi connectivity index (χ3v) is 3.80. The lowest BCUT2D eigenvalue weighted by molar-refractivity contribution is 0.498. The number of imidazole rings is 1. The first-order valence-electron chi connectivity index (χ1n) is 6.77. The van der Waals surface area contributed by atoms with Crippen LogP contribution in [0.25, 0.3) is 11.0 Å². The Balaban J connectivity index is 1.68. The van der Waals surface area contributed by atoms with Crippen molar-refractivity contribution in [3.63, 3.8) is 0 Å². The summed E-state index contributed by atoms with van der Waals surface area (Å²) in [7, 11) is 0. The molecule has 0 saturated heterocycles. The summed E-state index contributed by atoms with van der Waals surface area (Å²) in [5.41, 5.74) is 1.15. The predicted molar refractivity (Wildman–Crippen MR) is 69.9 cm³/mol. The third-order valence-electron chi connectivity index (χ3n) is 3.80. The fourth-order valence-corrected chi connectivity index (χ4v) is 2.75. The van der Waals surface area contributed by atoms with E-state index in [9.17, 15) is 8.78 Å². The zero-order chi connectivity index (χ0) is 13.2. The number of rotatable bonds is 4. The minimum absolute atomic E-state index is 0.500. The number of hydrogen-bond donors (Lipinski definition) is 1. The highest BCUT2D eigenvalue weighted by molar-refractivity contribution is 5.75. The van der Waals surface area contributed by atoms with Crippen LogP contribution in [0.4, 0.5) is 8.78 Å². The molecule has 0 aliphatic heterocycles. The van der Waals surface area contributed by atoms with Gasteiger partial charge in [-0.15, -0.1) is 0 Å². The molecule has 1 fully saturated rings. The highest BCUT2D eigenvalue weighted by Crippen LogP contribution is 2.18. The zero-order valence-corrected chi connectivity index (χ0v) is 10.7. The predicted octanol–water partition coefficient (Wildman–Crippen LogP) is 2.85. The molecule has 0 unspecified atom stereocenters. The third kappa shape index (κ3) is 2.61. The second kappa shape index (κ2) is 5.25. The van der Waals surface area contributed by atoms with Gasteiger partial charge in [0, 0.05) is 31.3 Å². The minimum atomic E-state index is -0.846. The van der Waals surface area contributed by atoms with E-state index in [1.54, 1.807) is 6.33 Å². The van der Waals surface area contributed by atoms with Gasteiger partial charge in [0.25, 0.3) is 0 Å². The van der Waals surface area contributed by atoms with Crippen LogP contribution in [0.5, 0.6) is 0 Å². The maximum atomic E-state index is 13.2. The molecule has 102 valence electrons. The first-order chi connectivity index (χ1) is 9.24. The smallest absolute Gasteiger partial charge is 0.161 e. The van der Waals surface area contributed by atoms with Gasteiger partial charge in [0.15, 0.2) is 11.6 Å². The maximum Gasteiger partial charge on any atom is 0.161 e. The van der Waals surface area contributed by atoms with Gasteiger partial charge in [0.05, 0.1) is 17.4 Å². The molecule has 5 heteroatoms. The standard InChI is InChI=1S/C14H17F2N3/c15-11-7-13-14(8-12(11)16)19(9-18-13)6-5-17-10-3-1-2-4-10/h7-10,17H,1-6H2. The highest BCUT2D eigenvalue weighted by Gasteiger charge is 2.14. The van der Waals surface area contributed by atoms with E-state index in [4.69, 9.17) is 0 Å². The average molecular weight is 265 g/mol. The first-order valence-corrected chi connectivity index (χ1v) is 6.77.